The highest BCUT2D eigenvalue weighted by Gasteiger charge is 2.24. The normalized spacial score (nSPS) is 26.2. The van der Waals surface area contributed by atoms with Gasteiger partial charge in [-0.3, -0.25) is 0 Å². The van der Waals surface area contributed by atoms with E-state index in [0.29, 0.717) is 6.17 Å². The van der Waals surface area contributed by atoms with Crippen molar-refractivity contribution >= 4 is 0 Å². The first-order chi connectivity index (χ1) is 5.83. The molecule has 0 aromatic carbocycles. The second-order valence-electron chi connectivity index (χ2n) is 3.14. The number of rotatable bonds is 1. The van der Waals surface area contributed by atoms with Gasteiger partial charge in [0.25, 0.3) is 0 Å². The zero-order valence-corrected chi connectivity index (χ0v) is 7.54. The zero-order valence-electron chi connectivity index (χ0n) is 7.54. The van der Waals surface area contributed by atoms with Gasteiger partial charge < -0.3 is 10.2 Å². The monoisotopic (exact) mass is 162 g/mol. The fraction of sp³-hybridized carbons (Fsp3) is 0.400. The van der Waals surface area contributed by atoms with Gasteiger partial charge in [-0.25, -0.2) is 0 Å². The van der Waals surface area contributed by atoms with E-state index >= 15 is 0 Å². The predicted molar refractivity (Wildman–Crippen MR) is 50.0 cm³/mol. The Labute approximate surface area is 73.3 Å². The second kappa shape index (κ2) is 2.70. The Balaban J connectivity index is 2.27. The summed E-state index contributed by atoms with van der Waals surface area (Å²) in [4.78, 5) is 2.26. The van der Waals surface area contributed by atoms with Crippen LogP contribution in [0, 0.1) is 0 Å². The maximum absolute atomic E-state index is 3.46. The van der Waals surface area contributed by atoms with Crippen molar-refractivity contribution in [1.29, 1.82) is 0 Å². The minimum absolute atomic E-state index is 0.366. The standard InChI is InChI=1S/C10H14N2/c1-3-9-8(2)12-7-5-4-6-10(12)11-9/h4-7,10-11H,3H2,1-2H3. The molecule has 2 nitrogen and oxygen atoms in total. The highest BCUT2D eigenvalue weighted by atomic mass is 15.3. The number of hydrogen-bond acceptors (Lipinski definition) is 2. The Bertz CT molecular complexity index is 274. The molecule has 0 fully saturated rings. The summed E-state index contributed by atoms with van der Waals surface area (Å²) >= 11 is 0. The van der Waals surface area contributed by atoms with E-state index in [0.717, 1.165) is 6.42 Å². The number of allylic oxidation sites excluding steroid dienone is 4. The Kier molecular flexibility index (Phi) is 1.68. The van der Waals surface area contributed by atoms with Crippen LogP contribution in [-0.4, -0.2) is 11.1 Å². The molecule has 1 unspecified atom stereocenters. The van der Waals surface area contributed by atoms with Crippen LogP contribution in [0.3, 0.4) is 0 Å². The van der Waals surface area contributed by atoms with Gasteiger partial charge in [0, 0.05) is 17.6 Å². The van der Waals surface area contributed by atoms with Crippen LogP contribution in [0.4, 0.5) is 0 Å². The van der Waals surface area contributed by atoms with E-state index in [1.54, 1.807) is 0 Å². The van der Waals surface area contributed by atoms with E-state index in [1.807, 2.05) is 0 Å². The Morgan fingerprint density at radius 3 is 3.00 bits per heavy atom. The van der Waals surface area contributed by atoms with Crippen molar-refractivity contribution in [3.63, 3.8) is 0 Å². The van der Waals surface area contributed by atoms with Gasteiger partial charge in [-0.2, -0.15) is 0 Å². The summed E-state index contributed by atoms with van der Waals surface area (Å²) < 4.78 is 0. The van der Waals surface area contributed by atoms with E-state index in [9.17, 15) is 0 Å². The van der Waals surface area contributed by atoms with E-state index < -0.39 is 0 Å². The van der Waals surface area contributed by atoms with Crippen LogP contribution in [0.5, 0.6) is 0 Å². The van der Waals surface area contributed by atoms with Gasteiger partial charge >= 0.3 is 0 Å². The molecule has 1 atom stereocenters. The number of nitrogens with one attached hydrogen (secondary N) is 1. The molecule has 1 N–H and O–H groups in total. The molecule has 2 aliphatic heterocycles. The van der Waals surface area contributed by atoms with Gasteiger partial charge in [-0.05, 0) is 25.5 Å². The van der Waals surface area contributed by atoms with Gasteiger partial charge in [-0.15, -0.1) is 0 Å². The van der Waals surface area contributed by atoms with Gasteiger partial charge in [0.15, 0.2) is 0 Å². The average Bonchev–Trinajstić information content (AvgIpc) is 2.44. The fourth-order valence-corrected chi connectivity index (χ4v) is 1.73. The predicted octanol–water partition coefficient (Wildman–Crippen LogP) is 1.94. The minimum Gasteiger partial charge on any atom is -0.364 e. The molecule has 2 aliphatic rings. The maximum Gasteiger partial charge on any atom is 0.122 e. The van der Waals surface area contributed by atoms with Crippen LogP contribution in [0.15, 0.2) is 35.8 Å². The lowest BCUT2D eigenvalue weighted by molar-refractivity contribution is 0.400. The summed E-state index contributed by atoms with van der Waals surface area (Å²) in [6, 6.07) is 0. The molecule has 2 rings (SSSR count). The molecule has 64 valence electrons. The van der Waals surface area contributed by atoms with Crippen LogP contribution in [-0.2, 0) is 0 Å². The van der Waals surface area contributed by atoms with Gasteiger partial charge in [-0.1, -0.05) is 13.0 Å². The topological polar surface area (TPSA) is 15.3 Å². The molecule has 0 aromatic heterocycles. The third-order valence-electron chi connectivity index (χ3n) is 2.45. The van der Waals surface area contributed by atoms with Crippen LogP contribution < -0.4 is 5.32 Å². The highest BCUT2D eigenvalue weighted by Crippen LogP contribution is 2.24. The summed E-state index contributed by atoms with van der Waals surface area (Å²) in [7, 11) is 0. The van der Waals surface area contributed by atoms with Crippen molar-refractivity contribution in [3.05, 3.63) is 35.8 Å². The molecule has 0 saturated carbocycles. The van der Waals surface area contributed by atoms with Crippen molar-refractivity contribution < 1.29 is 0 Å². The summed E-state index contributed by atoms with van der Waals surface area (Å²) in [6.45, 7) is 4.34. The minimum atomic E-state index is 0.366. The first-order valence-corrected chi connectivity index (χ1v) is 4.42. The molecule has 0 bridgehead atoms. The molecule has 12 heavy (non-hydrogen) atoms. The average molecular weight is 162 g/mol. The van der Waals surface area contributed by atoms with Gasteiger partial charge in [0.2, 0.25) is 0 Å². The van der Waals surface area contributed by atoms with Gasteiger partial charge in [0.1, 0.15) is 6.17 Å². The smallest absolute Gasteiger partial charge is 0.122 e. The second-order valence-corrected chi connectivity index (χ2v) is 3.14. The Morgan fingerprint density at radius 2 is 2.33 bits per heavy atom. The highest BCUT2D eigenvalue weighted by molar-refractivity contribution is 5.27. The van der Waals surface area contributed by atoms with Crippen molar-refractivity contribution in [2.24, 2.45) is 0 Å². The fourth-order valence-electron chi connectivity index (χ4n) is 1.73. The molecule has 0 saturated heterocycles. The van der Waals surface area contributed by atoms with E-state index in [4.69, 9.17) is 0 Å². The van der Waals surface area contributed by atoms with Crippen molar-refractivity contribution in [1.82, 2.24) is 10.2 Å². The van der Waals surface area contributed by atoms with Crippen LogP contribution in [0.1, 0.15) is 20.3 Å². The molecular formula is C10H14N2. The van der Waals surface area contributed by atoms with Crippen molar-refractivity contribution in [2.45, 2.75) is 26.4 Å². The molecule has 0 radical (unpaired) electrons. The lowest BCUT2D eigenvalue weighted by Crippen LogP contribution is -2.32. The number of nitrogens with zero attached hydrogens (tertiary/aromatic N) is 1. The summed E-state index contributed by atoms with van der Waals surface area (Å²) in [6.07, 6.45) is 9.90. The quantitative estimate of drug-likeness (QED) is 0.634. The maximum atomic E-state index is 3.46. The third-order valence-corrected chi connectivity index (χ3v) is 2.45. The molecule has 0 aromatic rings. The molecule has 0 amide bonds. The first kappa shape index (κ1) is 7.47. The van der Waals surface area contributed by atoms with E-state index in [-0.39, 0.29) is 0 Å². The summed E-state index contributed by atoms with van der Waals surface area (Å²) in [5.41, 5.74) is 2.71. The van der Waals surface area contributed by atoms with Gasteiger partial charge in [0.05, 0.1) is 0 Å². The van der Waals surface area contributed by atoms with Crippen LogP contribution in [0.25, 0.3) is 0 Å². The zero-order chi connectivity index (χ0) is 8.55. The largest absolute Gasteiger partial charge is 0.364 e. The van der Waals surface area contributed by atoms with Crippen molar-refractivity contribution in [3.8, 4) is 0 Å². The Hall–Kier alpha value is -1.18. The molecule has 2 heteroatoms. The Morgan fingerprint density at radius 1 is 1.50 bits per heavy atom. The lowest BCUT2D eigenvalue weighted by atomic mass is 10.3. The SMILES string of the molecule is CCC1=C(C)N2C=CC=CC2N1. The molecule has 0 spiro atoms. The molecule has 0 aliphatic carbocycles. The van der Waals surface area contributed by atoms with Crippen LogP contribution in [0.2, 0.25) is 0 Å². The number of hydrogen-bond donors (Lipinski definition) is 1. The number of fused-ring (bicyclic) bond motifs is 1. The van der Waals surface area contributed by atoms with Crippen molar-refractivity contribution in [2.75, 3.05) is 0 Å². The first-order valence-electron chi connectivity index (χ1n) is 4.42. The van der Waals surface area contributed by atoms with Crippen LogP contribution >= 0.6 is 0 Å². The summed E-state index contributed by atoms with van der Waals surface area (Å²) in [5.74, 6) is 0. The lowest BCUT2D eigenvalue weighted by Gasteiger charge is -2.23. The van der Waals surface area contributed by atoms with E-state index in [2.05, 4.69) is 48.5 Å². The third kappa shape index (κ3) is 0.951. The summed E-state index contributed by atoms with van der Waals surface area (Å²) in [5, 5.41) is 3.46. The molecular weight excluding hydrogens is 148 g/mol. The molecule has 2 heterocycles. The van der Waals surface area contributed by atoms with E-state index in [1.165, 1.54) is 11.4 Å².